The Kier molecular flexibility index (Phi) is 4.64. The summed E-state index contributed by atoms with van der Waals surface area (Å²) in [5, 5.41) is 3.42. The van der Waals surface area contributed by atoms with Gasteiger partial charge in [-0.3, -0.25) is 4.79 Å². The molecule has 1 unspecified atom stereocenters. The lowest BCUT2D eigenvalue weighted by Crippen LogP contribution is -2.77. The summed E-state index contributed by atoms with van der Waals surface area (Å²) in [7, 11) is 0. The molecule has 1 aliphatic carbocycles. The molecule has 0 bridgehead atoms. The number of nitrogens with zero attached hydrogens (tertiary/aromatic N) is 2. The van der Waals surface area contributed by atoms with Gasteiger partial charge in [0, 0.05) is 37.5 Å². The Morgan fingerprint density at radius 2 is 1.91 bits per heavy atom. The van der Waals surface area contributed by atoms with E-state index in [0.29, 0.717) is 26.2 Å². The number of fused-ring (bicyclic) bond motifs is 2. The average Bonchev–Trinajstić information content (AvgIpc) is 3.07. The number of nitrogens with one attached hydrogen (secondary N) is 1. The number of hydrogen-bond donors (Lipinski definition) is 1. The Morgan fingerprint density at radius 1 is 1.19 bits per heavy atom. The fourth-order valence-electron chi connectivity index (χ4n) is 5.57. The number of carbonyl (C=O) groups is 3. The second kappa shape index (κ2) is 7.07. The van der Waals surface area contributed by atoms with E-state index in [4.69, 9.17) is 9.47 Å². The fourth-order valence-corrected chi connectivity index (χ4v) is 5.57. The van der Waals surface area contributed by atoms with Crippen molar-refractivity contribution < 1.29 is 23.9 Å². The predicted molar refractivity (Wildman–Crippen MR) is 116 cm³/mol. The Hall–Kier alpha value is -2.87. The van der Waals surface area contributed by atoms with Crippen molar-refractivity contribution in [3.05, 3.63) is 48.0 Å². The van der Waals surface area contributed by atoms with Gasteiger partial charge in [-0.1, -0.05) is 42.5 Å². The number of likely N-dealkylation sites (tertiary alicyclic amines) is 1. The van der Waals surface area contributed by atoms with Crippen molar-refractivity contribution >= 4 is 18.1 Å². The first kappa shape index (κ1) is 21.0. The molecule has 1 aromatic carbocycles. The van der Waals surface area contributed by atoms with E-state index < -0.39 is 28.6 Å². The number of rotatable bonds is 2. The number of carbonyl (C=O) groups excluding carboxylic acids is 3. The first-order chi connectivity index (χ1) is 15.2. The summed E-state index contributed by atoms with van der Waals surface area (Å²) in [6.45, 7) is 7.71. The quantitative estimate of drug-likeness (QED) is 0.713. The largest absolute Gasteiger partial charge is 0.446 e. The molecular formula is C24H29N3O5. The van der Waals surface area contributed by atoms with Crippen LogP contribution in [0.4, 0.5) is 9.59 Å². The minimum absolute atomic E-state index is 0.0330. The van der Waals surface area contributed by atoms with Gasteiger partial charge in [0.15, 0.2) is 0 Å². The van der Waals surface area contributed by atoms with Crippen LogP contribution >= 0.6 is 0 Å². The maximum absolute atomic E-state index is 14.1. The highest BCUT2D eigenvalue weighted by atomic mass is 16.6. The van der Waals surface area contributed by atoms with E-state index in [0.717, 1.165) is 5.56 Å². The third-order valence-corrected chi connectivity index (χ3v) is 7.15. The van der Waals surface area contributed by atoms with Crippen LogP contribution in [0.25, 0.3) is 0 Å². The van der Waals surface area contributed by atoms with Gasteiger partial charge in [-0.2, -0.15) is 0 Å². The van der Waals surface area contributed by atoms with Gasteiger partial charge in [0.1, 0.15) is 18.2 Å². The second-order valence-corrected chi connectivity index (χ2v) is 10.3. The molecule has 3 amide bonds. The molecule has 1 spiro atoms. The van der Waals surface area contributed by atoms with Gasteiger partial charge in [-0.25, -0.2) is 14.5 Å². The number of ether oxygens (including phenoxy) is 2. The summed E-state index contributed by atoms with van der Waals surface area (Å²) < 4.78 is 10.8. The lowest BCUT2D eigenvalue weighted by atomic mass is 9.47. The molecule has 3 aliphatic heterocycles. The minimum Gasteiger partial charge on any atom is -0.446 e. The van der Waals surface area contributed by atoms with Gasteiger partial charge < -0.3 is 19.7 Å². The number of piperidine rings is 1. The molecular weight excluding hydrogens is 410 g/mol. The number of imide groups is 1. The molecule has 3 atom stereocenters. The molecule has 0 radical (unpaired) electrons. The Bertz CT molecular complexity index is 979. The molecule has 0 saturated carbocycles. The number of amides is 3. The van der Waals surface area contributed by atoms with Crippen LogP contribution < -0.4 is 5.32 Å². The van der Waals surface area contributed by atoms with E-state index >= 15 is 0 Å². The molecule has 3 fully saturated rings. The fraction of sp³-hybridized carbons (Fsp3) is 0.542. The molecule has 8 heteroatoms. The Balaban J connectivity index is 1.43. The lowest BCUT2D eigenvalue weighted by Gasteiger charge is -2.65. The highest BCUT2D eigenvalue weighted by Gasteiger charge is 2.70. The standard InChI is InChI=1S/C24H29N3O5/c1-22(2,3)32-20(29)26-14-23(15-26)13-25-11-17-9-10-24(17,23)19(28)27-18(12-31-21(27)30)16-7-5-4-6-8-16/h4-10,17-18,25H,11-15H2,1-3H3/t17?,18-,24-/m0/s1. The van der Waals surface area contributed by atoms with E-state index in [1.54, 1.807) is 4.90 Å². The predicted octanol–water partition coefficient (Wildman–Crippen LogP) is 2.72. The van der Waals surface area contributed by atoms with Gasteiger partial charge in [-0.15, -0.1) is 0 Å². The van der Waals surface area contributed by atoms with Gasteiger partial charge in [0.25, 0.3) is 0 Å². The van der Waals surface area contributed by atoms with Crippen molar-refractivity contribution in [1.29, 1.82) is 0 Å². The monoisotopic (exact) mass is 439 g/mol. The lowest BCUT2D eigenvalue weighted by molar-refractivity contribution is -0.169. The van der Waals surface area contributed by atoms with E-state index in [1.807, 2.05) is 63.3 Å². The van der Waals surface area contributed by atoms with Crippen molar-refractivity contribution in [2.75, 3.05) is 32.8 Å². The van der Waals surface area contributed by atoms with Gasteiger partial charge in [0.2, 0.25) is 5.91 Å². The van der Waals surface area contributed by atoms with Gasteiger partial charge in [-0.05, 0) is 26.3 Å². The summed E-state index contributed by atoms with van der Waals surface area (Å²) in [6, 6.07) is 9.05. The van der Waals surface area contributed by atoms with Crippen LogP contribution in [-0.2, 0) is 14.3 Å². The van der Waals surface area contributed by atoms with Crippen molar-refractivity contribution in [1.82, 2.24) is 15.1 Å². The van der Waals surface area contributed by atoms with Crippen LogP contribution in [-0.4, -0.2) is 66.3 Å². The van der Waals surface area contributed by atoms with Crippen LogP contribution in [0.1, 0.15) is 32.4 Å². The third-order valence-electron chi connectivity index (χ3n) is 7.15. The molecule has 5 rings (SSSR count). The SMILES string of the molecule is CC(C)(C)OC(=O)N1CC2(CNCC3C=C[C@@]32C(=O)N2C(=O)OC[C@H]2c2ccccc2)C1. The van der Waals surface area contributed by atoms with Gasteiger partial charge in [0.05, 0.1) is 5.41 Å². The normalized spacial score (nSPS) is 30.3. The third kappa shape index (κ3) is 2.96. The Labute approximate surface area is 187 Å². The first-order valence-electron chi connectivity index (χ1n) is 11.1. The van der Waals surface area contributed by atoms with Crippen molar-refractivity contribution in [3.8, 4) is 0 Å². The maximum Gasteiger partial charge on any atom is 0.417 e. The summed E-state index contributed by atoms with van der Waals surface area (Å²) in [5.74, 6) is -0.263. The summed E-state index contributed by atoms with van der Waals surface area (Å²) in [5.41, 5.74) is -1.04. The second-order valence-electron chi connectivity index (χ2n) is 10.3. The van der Waals surface area contributed by atoms with Crippen molar-refractivity contribution in [2.45, 2.75) is 32.4 Å². The zero-order valence-electron chi connectivity index (χ0n) is 18.7. The van der Waals surface area contributed by atoms with E-state index in [1.165, 1.54) is 4.90 Å². The van der Waals surface area contributed by atoms with E-state index in [-0.39, 0.29) is 24.5 Å². The molecule has 3 saturated heterocycles. The molecule has 170 valence electrons. The highest BCUT2D eigenvalue weighted by Crippen LogP contribution is 2.60. The molecule has 1 aromatic rings. The Morgan fingerprint density at radius 3 is 2.53 bits per heavy atom. The van der Waals surface area contributed by atoms with Crippen molar-refractivity contribution in [2.24, 2.45) is 16.7 Å². The highest BCUT2D eigenvalue weighted by molar-refractivity contribution is 6.00. The van der Waals surface area contributed by atoms with E-state index in [2.05, 4.69) is 5.32 Å². The van der Waals surface area contributed by atoms with Crippen LogP contribution in [0.2, 0.25) is 0 Å². The van der Waals surface area contributed by atoms with Crippen LogP contribution in [0.5, 0.6) is 0 Å². The van der Waals surface area contributed by atoms with Gasteiger partial charge >= 0.3 is 12.2 Å². The summed E-state index contributed by atoms with van der Waals surface area (Å²) >= 11 is 0. The molecule has 8 nitrogen and oxygen atoms in total. The summed E-state index contributed by atoms with van der Waals surface area (Å²) in [4.78, 5) is 42.4. The van der Waals surface area contributed by atoms with Crippen LogP contribution in [0.3, 0.4) is 0 Å². The van der Waals surface area contributed by atoms with Crippen molar-refractivity contribution in [3.63, 3.8) is 0 Å². The maximum atomic E-state index is 14.1. The smallest absolute Gasteiger partial charge is 0.417 e. The number of hydrogen-bond acceptors (Lipinski definition) is 6. The zero-order chi connectivity index (χ0) is 22.7. The zero-order valence-corrected chi connectivity index (χ0v) is 18.7. The number of cyclic esters (lactones) is 1. The molecule has 0 aromatic heterocycles. The van der Waals surface area contributed by atoms with E-state index in [9.17, 15) is 14.4 Å². The van der Waals surface area contributed by atoms with Crippen LogP contribution in [0.15, 0.2) is 42.5 Å². The molecule has 32 heavy (non-hydrogen) atoms. The minimum atomic E-state index is -0.840. The summed E-state index contributed by atoms with van der Waals surface area (Å²) in [6.07, 6.45) is 3.00. The topological polar surface area (TPSA) is 88.2 Å². The first-order valence-corrected chi connectivity index (χ1v) is 11.1. The number of benzene rings is 1. The molecule has 3 heterocycles. The van der Waals surface area contributed by atoms with Crippen LogP contribution in [0, 0.1) is 16.7 Å². The molecule has 1 N–H and O–H groups in total. The average molecular weight is 440 g/mol. The molecule has 4 aliphatic rings.